The Bertz CT molecular complexity index is 986. The Hall–Kier alpha value is -2.31. The lowest BCUT2D eigenvalue weighted by molar-refractivity contribution is -0.136. The number of aromatic nitrogens is 1. The number of hydrogen-bond acceptors (Lipinski definition) is 4. The normalized spacial score (nSPS) is 11.1. The molecule has 124 valence electrons. The van der Waals surface area contributed by atoms with Gasteiger partial charge >= 0.3 is 5.97 Å². The number of thiophene rings is 1. The fraction of sp³-hybridized carbons (Fsp3) is 0.176. The van der Waals surface area contributed by atoms with Crippen molar-refractivity contribution < 1.29 is 19.8 Å². The van der Waals surface area contributed by atoms with Crippen molar-refractivity contribution in [1.82, 2.24) is 4.57 Å². The third-order valence-electron chi connectivity index (χ3n) is 3.91. The summed E-state index contributed by atoms with van der Waals surface area (Å²) in [6.07, 6.45) is -0.244. The monoisotopic (exact) mass is 363 g/mol. The van der Waals surface area contributed by atoms with Crippen LogP contribution in [-0.2, 0) is 11.2 Å². The average Bonchev–Trinajstić information content (AvgIpc) is 3.03. The zero-order valence-electron chi connectivity index (χ0n) is 13.0. The van der Waals surface area contributed by atoms with E-state index in [1.165, 1.54) is 28.0 Å². The number of aliphatic carboxylic acids is 1. The molecule has 0 saturated heterocycles. The molecule has 0 fully saturated rings. The molecule has 3 rings (SSSR count). The highest BCUT2D eigenvalue weighted by molar-refractivity contribution is 7.10. The van der Waals surface area contributed by atoms with Gasteiger partial charge in [0.05, 0.1) is 22.5 Å². The molecule has 0 atom stereocenters. The molecule has 24 heavy (non-hydrogen) atoms. The molecule has 5 nitrogen and oxygen atoms in total. The third-order valence-corrected chi connectivity index (χ3v) is 5.08. The van der Waals surface area contributed by atoms with Gasteiger partial charge in [0.1, 0.15) is 5.75 Å². The second kappa shape index (κ2) is 5.96. The van der Waals surface area contributed by atoms with Crippen LogP contribution in [0.5, 0.6) is 5.75 Å². The summed E-state index contributed by atoms with van der Waals surface area (Å²) < 4.78 is 1.46. The molecule has 2 N–H and O–H groups in total. The van der Waals surface area contributed by atoms with Gasteiger partial charge in [-0.3, -0.25) is 14.2 Å². The molecule has 7 heteroatoms. The molecule has 0 aliphatic heterocycles. The number of phenols is 1. The van der Waals surface area contributed by atoms with Crippen LogP contribution in [0.2, 0.25) is 5.02 Å². The van der Waals surface area contributed by atoms with Crippen molar-refractivity contribution in [2.24, 2.45) is 0 Å². The number of carbonyl (C=O) groups excluding carboxylic acids is 1. The Balaban J connectivity index is 2.30. The minimum absolute atomic E-state index is 0.109. The van der Waals surface area contributed by atoms with Crippen LogP contribution in [-0.4, -0.2) is 26.7 Å². The number of aromatic hydroxyl groups is 1. The van der Waals surface area contributed by atoms with E-state index in [0.29, 0.717) is 27.7 Å². The van der Waals surface area contributed by atoms with Gasteiger partial charge < -0.3 is 10.2 Å². The number of rotatable bonds is 3. The van der Waals surface area contributed by atoms with Crippen LogP contribution in [0.15, 0.2) is 23.6 Å². The van der Waals surface area contributed by atoms with Gasteiger partial charge in [-0.15, -0.1) is 11.3 Å². The fourth-order valence-corrected chi connectivity index (χ4v) is 3.64. The lowest BCUT2D eigenvalue weighted by atomic mass is 10.1. The first kappa shape index (κ1) is 16.5. The SMILES string of the molecule is Cc1cc(C(=O)n2c(C)c(CC(=O)O)c3cc(O)c(Cl)cc32)cs1. The summed E-state index contributed by atoms with van der Waals surface area (Å²) in [5, 5.41) is 21.4. The summed E-state index contributed by atoms with van der Waals surface area (Å²) in [4.78, 5) is 25.1. The van der Waals surface area contributed by atoms with Gasteiger partial charge in [-0.1, -0.05) is 11.6 Å². The number of carboxylic acids is 1. The van der Waals surface area contributed by atoms with E-state index < -0.39 is 5.97 Å². The zero-order chi connectivity index (χ0) is 17.6. The highest BCUT2D eigenvalue weighted by Crippen LogP contribution is 2.35. The molecule has 3 aromatic rings. The van der Waals surface area contributed by atoms with E-state index in [9.17, 15) is 14.7 Å². The van der Waals surface area contributed by atoms with Gasteiger partial charge in [-0.2, -0.15) is 0 Å². The molecule has 0 saturated carbocycles. The smallest absolute Gasteiger partial charge is 0.307 e. The first-order chi connectivity index (χ1) is 11.3. The van der Waals surface area contributed by atoms with E-state index in [1.807, 2.05) is 6.92 Å². The van der Waals surface area contributed by atoms with Crippen LogP contribution in [0.3, 0.4) is 0 Å². The van der Waals surface area contributed by atoms with Crippen LogP contribution in [0.4, 0.5) is 0 Å². The minimum Gasteiger partial charge on any atom is -0.506 e. The van der Waals surface area contributed by atoms with E-state index >= 15 is 0 Å². The van der Waals surface area contributed by atoms with Crippen LogP contribution >= 0.6 is 22.9 Å². The van der Waals surface area contributed by atoms with Crippen LogP contribution in [0.1, 0.15) is 26.5 Å². The van der Waals surface area contributed by atoms with Gasteiger partial charge in [-0.25, -0.2) is 0 Å². The molecular formula is C17H14ClNO4S. The van der Waals surface area contributed by atoms with Crippen molar-refractivity contribution in [3.63, 3.8) is 0 Å². The maximum absolute atomic E-state index is 12.9. The Morgan fingerprint density at radius 1 is 1.25 bits per heavy atom. The molecule has 0 radical (unpaired) electrons. The summed E-state index contributed by atoms with van der Waals surface area (Å²) in [6, 6.07) is 4.68. The molecule has 0 unspecified atom stereocenters. The summed E-state index contributed by atoms with van der Waals surface area (Å²) >= 11 is 7.46. The lowest BCUT2D eigenvalue weighted by Gasteiger charge is -2.06. The number of fused-ring (bicyclic) bond motifs is 1. The van der Waals surface area contributed by atoms with E-state index in [-0.39, 0.29) is 23.1 Å². The Labute approximate surface area is 146 Å². The predicted molar refractivity (Wildman–Crippen MR) is 93.5 cm³/mol. The number of carbonyl (C=O) groups is 2. The summed E-state index contributed by atoms with van der Waals surface area (Å²) in [7, 11) is 0. The minimum atomic E-state index is -1.01. The molecule has 0 aliphatic carbocycles. The van der Waals surface area contributed by atoms with Crippen LogP contribution < -0.4 is 0 Å². The molecule has 0 aliphatic rings. The Morgan fingerprint density at radius 2 is 1.96 bits per heavy atom. The lowest BCUT2D eigenvalue weighted by Crippen LogP contribution is -2.13. The van der Waals surface area contributed by atoms with E-state index in [0.717, 1.165) is 4.88 Å². The number of hydrogen-bond donors (Lipinski definition) is 2. The van der Waals surface area contributed by atoms with Crippen molar-refractivity contribution in [3.8, 4) is 5.75 Å². The number of carboxylic acid groups (broad SMARTS) is 1. The number of aryl methyl sites for hydroxylation is 1. The highest BCUT2D eigenvalue weighted by atomic mass is 35.5. The summed E-state index contributed by atoms with van der Waals surface area (Å²) in [5.41, 5.74) is 2.04. The number of benzene rings is 1. The van der Waals surface area contributed by atoms with Crippen molar-refractivity contribution in [2.45, 2.75) is 20.3 Å². The third kappa shape index (κ3) is 2.68. The molecule has 0 spiro atoms. The Kier molecular flexibility index (Phi) is 4.11. The van der Waals surface area contributed by atoms with Crippen molar-refractivity contribution in [3.05, 3.63) is 50.3 Å². The summed E-state index contributed by atoms with van der Waals surface area (Å²) in [6.45, 7) is 3.60. The highest BCUT2D eigenvalue weighted by Gasteiger charge is 2.23. The van der Waals surface area contributed by atoms with Gasteiger partial charge in [0.2, 0.25) is 0 Å². The maximum atomic E-state index is 12.9. The van der Waals surface area contributed by atoms with Gasteiger partial charge in [0.15, 0.2) is 0 Å². The second-order valence-corrected chi connectivity index (χ2v) is 7.06. The first-order valence-electron chi connectivity index (χ1n) is 7.13. The quantitative estimate of drug-likeness (QED) is 0.737. The van der Waals surface area contributed by atoms with Gasteiger partial charge in [0.25, 0.3) is 5.91 Å². The largest absolute Gasteiger partial charge is 0.506 e. The number of nitrogens with zero attached hydrogens (tertiary/aromatic N) is 1. The molecule has 0 bridgehead atoms. The van der Waals surface area contributed by atoms with Crippen molar-refractivity contribution >= 4 is 45.7 Å². The average molecular weight is 364 g/mol. The van der Waals surface area contributed by atoms with Crippen molar-refractivity contribution in [2.75, 3.05) is 0 Å². The van der Waals surface area contributed by atoms with Gasteiger partial charge in [0, 0.05) is 21.3 Å². The number of halogens is 1. The van der Waals surface area contributed by atoms with E-state index in [1.54, 1.807) is 18.4 Å². The standard InChI is InChI=1S/C17H14ClNO4S/c1-8-3-10(7-24-8)17(23)19-9(2)11(5-16(21)22)12-4-15(20)13(18)6-14(12)19/h3-4,6-7,20H,5H2,1-2H3,(H,21,22). The number of phenolic OH excluding ortho intramolecular Hbond substituents is 1. The molecule has 0 amide bonds. The molecular weight excluding hydrogens is 350 g/mol. The van der Waals surface area contributed by atoms with Gasteiger partial charge in [-0.05, 0) is 37.6 Å². The predicted octanol–water partition coefficient (Wildman–Crippen LogP) is 3.99. The molecule has 1 aromatic carbocycles. The summed E-state index contributed by atoms with van der Waals surface area (Å²) in [5.74, 6) is -1.41. The first-order valence-corrected chi connectivity index (χ1v) is 8.39. The topological polar surface area (TPSA) is 79.5 Å². The Morgan fingerprint density at radius 3 is 2.54 bits per heavy atom. The fourth-order valence-electron chi connectivity index (χ4n) is 2.81. The van der Waals surface area contributed by atoms with Crippen LogP contribution in [0.25, 0.3) is 10.9 Å². The second-order valence-electron chi connectivity index (χ2n) is 5.54. The molecule has 2 heterocycles. The van der Waals surface area contributed by atoms with E-state index in [4.69, 9.17) is 16.7 Å². The zero-order valence-corrected chi connectivity index (χ0v) is 14.5. The van der Waals surface area contributed by atoms with Crippen LogP contribution in [0, 0.1) is 13.8 Å². The van der Waals surface area contributed by atoms with E-state index in [2.05, 4.69) is 0 Å². The van der Waals surface area contributed by atoms with Crippen molar-refractivity contribution in [1.29, 1.82) is 0 Å². The maximum Gasteiger partial charge on any atom is 0.307 e. The molecule has 2 aromatic heterocycles.